The first-order chi connectivity index (χ1) is 25.9. The van der Waals surface area contributed by atoms with Gasteiger partial charge in [0, 0.05) is 5.56 Å². The van der Waals surface area contributed by atoms with Gasteiger partial charge in [-0.2, -0.15) is 0 Å². The molecular weight excluding hydrogens is 689 g/mol. The van der Waals surface area contributed by atoms with Gasteiger partial charge in [-0.05, 0) is 73.1 Å². The molecule has 56 heavy (non-hydrogen) atoms. The third kappa shape index (κ3) is 7.79. The zero-order chi connectivity index (χ0) is 41.1. The van der Waals surface area contributed by atoms with Crippen molar-refractivity contribution >= 4 is 0 Å². The molecule has 2 N–H and O–H groups in total. The van der Waals surface area contributed by atoms with Crippen molar-refractivity contribution < 1.29 is 19.7 Å². The molecule has 5 aromatic carbocycles. The van der Waals surface area contributed by atoms with E-state index in [-0.39, 0.29) is 21.7 Å². The number of hydrogen-bond acceptors (Lipinski definition) is 4. The Balaban J connectivity index is 1.66. The normalized spacial score (nSPS) is 18.3. The zero-order valence-corrected chi connectivity index (χ0v) is 36.0. The molecule has 1 fully saturated rings. The van der Waals surface area contributed by atoms with E-state index in [4.69, 9.17) is 9.47 Å². The minimum Gasteiger partial charge on any atom is -0.378 e. The number of hydrogen-bond donors (Lipinski definition) is 2. The van der Waals surface area contributed by atoms with Gasteiger partial charge in [-0.3, -0.25) is 0 Å². The Morgan fingerprint density at radius 1 is 0.357 bits per heavy atom. The van der Waals surface area contributed by atoms with Crippen LogP contribution in [0.15, 0.2) is 127 Å². The summed E-state index contributed by atoms with van der Waals surface area (Å²) in [6.45, 7) is 28.1. The second-order valence-corrected chi connectivity index (χ2v) is 20.2. The van der Waals surface area contributed by atoms with Gasteiger partial charge in [0.25, 0.3) is 0 Å². The van der Waals surface area contributed by atoms with Crippen LogP contribution >= 0.6 is 0 Å². The summed E-state index contributed by atoms with van der Waals surface area (Å²) in [7, 11) is 0. The fourth-order valence-electron chi connectivity index (χ4n) is 8.01. The van der Waals surface area contributed by atoms with Crippen molar-refractivity contribution in [3.63, 3.8) is 0 Å². The Morgan fingerprint density at radius 2 is 0.571 bits per heavy atom. The molecule has 5 aromatic rings. The summed E-state index contributed by atoms with van der Waals surface area (Å²) in [6.07, 6.45) is -2.19. The number of ether oxygens (including phenoxy) is 2. The summed E-state index contributed by atoms with van der Waals surface area (Å²) in [4.78, 5) is 0. The van der Waals surface area contributed by atoms with Gasteiger partial charge in [0.1, 0.15) is 23.4 Å². The van der Waals surface area contributed by atoms with E-state index in [0.29, 0.717) is 22.3 Å². The molecule has 4 nitrogen and oxygen atoms in total. The second-order valence-electron chi connectivity index (χ2n) is 20.2. The molecule has 0 amide bonds. The molecule has 2 atom stereocenters. The first-order valence-corrected chi connectivity index (χ1v) is 20.2. The molecule has 296 valence electrons. The minimum absolute atomic E-state index is 0.0922. The summed E-state index contributed by atoms with van der Waals surface area (Å²) in [5, 5.41) is 27.7. The second kappa shape index (κ2) is 14.4. The predicted octanol–water partition coefficient (Wildman–Crippen LogP) is 11.7. The summed E-state index contributed by atoms with van der Waals surface area (Å²) in [6, 6.07) is 42.6. The van der Waals surface area contributed by atoms with Crippen LogP contribution in [0, 0.1) is 0 Å². The van der Waals surface area contributed by atoms with E-state index in [0.717, 1.165) is 27.8 Å². The molecule has 1 aliphatic heterocycles. The maximum atomic E-state index is 13.8. The zero-order valence-electron chi connectivity index (χ0n) is 36.0. The number of aliphatic hydroxyl groups is 2. The lowest BCUT2D eigenvalue weighted by atomic mass is 9.70. The van der Waals surface area contributed by atoms with Crippen LogP contribution in [0.4, 0.5) is 0 Å². The predicted molar refractivity (Wildman–Crippen MR) is 230 cm³/mol. The summed E-state index contributed by atoms with van der Waals surface area (Å²) in [5.41, 5.74) is 4.08. The van der Waals surface area contributed by atoms with Crippen LogP contribution < -0.4 is 0 Å². The molecule has 0 unspecified atom stereocenters. The van der Waals surface area contributed by atoms with Crippen LogP contribution in [0.5, 0.6) is 0 Å². The lowest BCUT2D eigenvalue weighted by Crippen LogP contribution is -2.55. The van der Waals surface area contributed by atoms with Crippen molar-refractivity contribution in [2.24, 2.45) is 0 Å². The van der Waals surface area contributed by atoms with Crippen molar-refractivity contribution in [1.29, 1.82) is 0 Å². The van der Waals surface area contributed by atoms with Crippen molar-refractivity contribution in [2.45, 2.75) is 141 Å². The smallest absolute Gasteiger partial charge is 0.193 e. The van der Waals surface area contributed by atoms with E-state index in [9.17, 15) is 10.2 Å². The van der Waals surface area contributed by atoms with Crippen LogP contribution in [-0.4, -0.2) is 22.4 Å². The molecule has 1 heterocycles. The van der Waals surface area contributed by atoms with Crippen LogP contribution in [0.2, 0.25) is 0 Å². The maximum Gasteiger partial charge on any atom is 0.193 e. The first-order valence-electron chi connectivity index (χ1n) is 20.2. The quantitative estimate of drug-likeness (QED) is 0.174. The summed E-state index contributed by atoms with van der Waals surface area (Å²) in [5.74, 6) is -1.33. The third-order valence-electron chi connectivity index (χ3n) is 11.9. The van der Waals surface area contributed by atoms with Gasteiger partial charge in [0.2, 0.25) is 0 Å². The highest BCUT2D eigenvalue weighted by atomic mass is 16.8. The van der Waals surface area contributed by atoms with Crippen LogP contribution in [0.1, 0.15) is 140 Å². The first kappa shape index (κ1) is 41.6. The van der Waals surface area contributed by atoms with Gasteiger partial charge >= 0.3 is 0 Å². The average Bonchev–Trinajstić information content (AvgIpc) is 3.53. The topological polar surface area (TPSA) is 58.9 Å². The lowest BCUT2D eigenvalue weighted by molar-refractivity contribution is -0.193. The number of rotatable bonds is 7. The molecule has 1 saturated heterocycles. The van der Waals surface area contributed by atoms with Crippen LogP contribution in [0.3, 0.4) is 0 Å². The molecule has 1 aliphatic rings. The fraction of sp³-hybridized carbons (Fsp3) is 0.423. The van der Waals surface area contributed by atoms with Crippen molar-refractivity contribution in [3.8, 4) is 0 Å². The van der Waals surface area contributed by atoms with Crippen molar-refractivity contribution in [1.82, 2.24) is 0 Å². The molecule has 0 spiro atoms. The third-order valence-corrected chi connectivity index (χ3v) is 11.9. The molecular formula is C52H64O4. The van der Waals surface area contributed by atoms with Crippen molar-refractivity contribution in [2.75, 3.05) is 0 Å². The van der Waals surface area contributed by atoms with Gasteiger partial charge in [-0.25, -0.2) is 0 Å². The van der Waals surface area contributed by atoms with Gasteiger partial charge in [-0.1, -0.05) is 210 Å². The molecule has 0 bridgehead atoms. The standard InChI is InChI=1S/C52H64O4/c1-46(2,3)35-19-27-40(28-20-35)51(53,41-29-21-36(22-30-41)47(4,5)6)44-45(56-50(13,55-44)39-17-15-14-16-18-39)52(54,42-31-23-37(24-32-42)48(7,8)9)43-33-25-38(26-34-43)49(10,11)12/h14-34,44-45,53-54H,1-13H3/t44-,45-/m1/s1. The lowest BCUT2D eigenvalue weighted by Gasteiger charge is -2.43. The van der Waals surface area contributed by atoms with E-state index in [2.05, 4.69) is 132 Å². The molecule has 6 rings (SSSR count). The van der Waals surface area contributed by atoms with E-state index >= 15 is 0 Å². The largest absolute Gasteiger partial charge is 0.378 e. The highest BCUT2D eigenvalue weighted by molar-refractivity contribution is 5.47. The van der Waals surface area contributed by atoms with E-state index < -0.39 is 29.2 Å². The maximum absolute atomic E-state index is 13.8. The Kier molecular flexibility index (Phi) is 10.7. The van der Waals surface area contributed by atoms with Gasteiger partial charge < -0.3 is 19.7 Å². The monoisotopic (exact) mass is 752 g/mol. The Labute approximate surface area is 336 Å². The molecule has 0 aliphatic carbocycles. The van der Waals surface area contributed by atoms with Crippen LogP contribution in [0.25, 0.3) is 0 Å². The summed E-state index contributed by atoms with van der Waals surface area (Å²) >= 11 is 0. The highest BCUT2D eigenvalue weighted by Gasteiger charge is 2.62. The molecule has 0 radical (unpaired) electrons. The SMILES string of the molecule is CC(C)(C)c1ccc(C(O)(c2ccc(C(C)(C)C)cc2)[C@@H]2OC(C)(c3ccccc3)O[C@H]2C(O)(c2ccc(C(C)(C)C)cc2)c2ccc(C(C)(C)C)cc2)cc1. The number of benzene rings is 5. The highest BCUT2D eigenvalue weighted by Crippen LogP contribution is 2.53. The van der Waals surface area contributed by atoms with Crippen molar-refractivity contribution in [3.05, 3.63) is 177 Å². The Bertz CT molecular complexity index is 1840. The van der Waals surface area contributed by atoms with E-state index in [1.807, 2.05) is 85.8 Å². The Morgan fingerprint density at radius 3 is 0.786 bits per heavy atom. The van der Waals surface area contributed by atoms with Gasteiger partial charge in [0.15, 0.2) is 5.79 Å². The molecule has 0 aromatic heterocycles. The van der Waals surface area contributed by atoms with E-state index in [1.54, 1.807) is 0 Å². The van der Waals surface area contributed by atoms with E-state index in [1.165, 1.54) is 0 Å². The summed E-state index contributed by atoms with van der Waals surface area (Å²) < 4.78 is 14.5. The fourth-order valence-corrected chi connectivity index (χ4v) is 8.01. The minimum atomic E-state index is -1.77. The average molecular weight is 753 g/mol. The van der Waals surface area contributed by atoms with Crippen LogP contribution in [-0.2, 0) is 48.1 Å². The Hall–Kier alpha value is -4.06. The molecule has 0 saturated carbocycles. The molecule has 4 heteroatoms. The van der Waals surface area contributed by atoms with Gasteiger partial charge in [0.05, 0.1) is 0 Å². The van der Waals surface area contributed by atoms with Gasteiger partial charge in [-0.15, -0.1) is 0 Å².